The number of benzene rings is 2. The number of hydrogen-bond acceptors (Lipinski definition) is 7. The van der Waals surface area contributed by atoms with Crippen molar-refractivity contribution in [2.45, 2.75) is 12.5 Å². The van der Waals surface area contributed by atoms with Gasteiger partial charge in [-0.05, 0) is 36.5 Å². The fourth-order valence-corrected chi connectivity index (χ4v) is 4.68. The molecule has 9 heteroatoms. The van der Waals surface area contributed by atoms with Gasteiger partial charge in [-0.3, -0.25) is 9.59 Å². The number of anilines is 2. The van der Waals surface area contributed by atoms with Crippen molar-refractivity contribution in [3.63, 3.8) is 0 Å². The van der Waals surface area contributed by atoms with Crippen LogP contribution in [0.25, 0.3) is 10.9 Å². The smallest absolute Gasteiger partial charge is 0.257 e. The fraction of sp³-hybridized carbons (Fsp3) is 0.304. The molecule has 3 heterocycles. The Morgan fingerprint density at radius 1 is 1.12 bits per heavy atom. The van der Waals surface area contributed by atoms with Crippen LogP contribution in [0.1, 0.15) is 11.2 Å². The predicted molar refractivity (Wildman–Crippen MR) is 125 cm³/mol. The monoisotopic (exact) mass is 449 g/mol. The Hall–Kier alpha value is -3.46. The minimum atomic E-state index is -0.649. The van der Waals surface area contributed by atoms with Crippen molar-refractivity contribution in [3.8, 4) is 5.75 Å². The van der Waals surface area contributed by atoms with Gasteiger partial charge in [0.15, 0.2) is 0 Å². The standard InChI is InChI=1S/C23H23N5O3S/c1-31-19-9-5-4-8-18(19)26-10-12-27(13-11-26)20(29)14-17-22(30)28-21(24-17)15-6-2-3-7-16(15)25-23(28)32/h2-9,17,24H,10-14H2,1H3/t17-/m0/s1. The van der Waals surface area contributed by atoms with Crippen molar-refractivity contribution < 1.29 is 14.3 Å². The lowest BCUT2D eigenvalue weighted by Gasteiger charge is -2.37. The molecule has 1 atom stereocenters. The zero-order valence-corrected chi connectivity index (χ0v) is 18.5. The van der Waals surface area contributed by atoms with Crippen molar-refractivity contribution >= 4 is 46.4 Å². The van der Waals surface area contributed by atoms with Crippen molar-refractivity contribution in [3.05, 3.63) is 53.3 Å². The van der Waals surface area contributed by atoms with Crippen LogP contribution in [-0.4, -0.2) is 65.6 Å². The largest absolute Gasteiger partial charge is 0.495 e. The van der Waals surface area contributed by atoms with Gasteiger partial charge in [-0.2, -0.15) is 0 Å². The van der Waals surface area contributed by atoms with E-state index in [0.29, 0.717) is 32.0 Å². The van der Waals surface area contributed by atoms with Crippen LogP contribution in [-0.2, 0) is 4.79 Å². The second-order valence-electron chi connectivity index (χ2n) is 7.87. The predicted octanol–water partition coefficient (Wildman–Crippen LogP) is 2.95. The number of ether oxygens (including phenoxy) is 1. The van der Waals surface area contributed by atoms with Gasteiger partial charge in [-0.15, -0.1) is 0 Å². The maximum atomic E-state index is 13.0. The van der Waals surface area contributed by atoms with Crippen LogP contribution in [0, 0.1) is 4.77 Å². The van der Waals surface area contributed by atoms with Crippen molar-refractivity contribution in [1.29, 1.82) is 0 Å². The number of rotatable bonds is 4. The van der Waals surface area contributed by atoms with E-state index in [0.717, 1.165) is 22.3 Å². The van der Waals surface area contributed by atoms with Gasteiger partial charge in [0.2, 0.25) is 10.7 Å². The molecule has 3 aromatic rings. The molecule has 0 aliphatic carbocycles. The summed E-state index contributed by atoms with van der Waals surface area (Å²) >= 11 is 5.33. The van der Waals surface area contributed by atoms with E-state index in [1.807, 2.05) is 53.4 Å². The molecule has 1 amide bonds. The number of hydrogen-bond donors (Lipinski definition) is 1. The highest BCUT2D eigenvalue weighted by molar-refractivity contribution is 7.71. The van der Waals surface area contributed by atoms with Gasteiger partial charge in [0, 0.05) is 31.6 Å². The van der Waals surface area contributed by atoms with Crippen molar-refractivity contribution in [2.75, 3.05) is 43.5 Å². The number of carbonyl (C=O) groups is 2. The van der Waals surface area contributed by atoms with Crippen LogP contribution in [0.2, 0.25) is 0 Å². The Morgan fingerprint density at radius 3 is 2.62 bits per heavy atom. The van der Waals surface area contributed by atoms with Crippen LogP contribution in [0.15, 0.2) is 48.5 Å². The molecule has 1 aromatic heterocycles. The number of amides is 1. The first-order valence-electron chi connectivity index (χ1n) is 10.5. The summed E-state index contributed by atoms with van der Waals surface area (Å²) in [5.74, 6) is 1.16. The average molecular weight is 450 g/mol. The molecule has 0 bridgehead atoms. The number of piperazine rings is 1. The molecule has 1 N–H and O–H groups in total. The number of aromatic nitrogens is 2. The molecule has 164 valence electrons. The molecule has 0 unspecified atom stereocenters. The van der Waals surface area contributed by atoms with E-state index in [1.54, 1.807) is 7.11 Å². The van der Waals surface area contributed by atoms with E-state index in [4.69, 9.17) is 17.0 Å². The Bertz CT molecular complexity index is 1270. The minimum Gasteiger partial charge on any atom is -0.495 e. The summed E-state index contributed by atoms with van der Waals surface area (Å²) in [6.07, 6.45) is 0.0816. The van der Waals surface area contributed by atoms with E-state index >= 15 is 0 Å². The van der Waals surface area contributed by atoms with E-state index in [1.165, 1.54) is 4.57 Å². The number of nitrogens with zero attached hydrogens (tertiary/aromatic N) is 4. The number of para-hydroxylation sites is 3. The average Bonchev–Trinajstić information content (AvgIpc) is 3.16. The van der Waals surface area contributed by atoms with Crippen LogP contribution < -0.4 is 15.0 Å². The molecule has 0 spiro atoms. The second kappa shape index (κ2) is 8.23. The van der Waals surface area contributed by atoms with Crippen LogP contribution in [0.5, 0.6) is 5.75 Å². The lowest BCUT2D eigenvalue weighted by atomic mass is 10.1. The van der Waals surface area contributed by atoms with E-state index in [2.05, 4.69) is 15.2 Å². The molecule has 5 rings (SSSR count). The quantitative estimate of drug-likeness (QED) is 0.614. The highest BCUT2D eigenvalue weighted by Gasteiger charge is 2.35. The normalized spacial score (nSPS) is 17.9. The zero-order chi connectivity index (χ0) is 22.2. The summed E-state index contributed by atoms with van der Waals surface area (Å²) in [7, 11) is 1.66. The van der Waals surface area contributed by atoms with Crippen molar-refractivity contribution in [1.82, 2.24) is 14.5 Å². The van der Waals surface area contributed by atoms with Gasteiger partial charge in [0.25, 0.3) is 5.91 Å². The zero-order valence-electron chi connectivity index (χ0n) is 17.7. The van der Waals surface area contributed by atoms with Gasteiger partial charge in [-0.1, -0.05) is 24.3 Å². The third kappa shape index (κ3) is 3.48. The van der Waals surface area contributed by atoms with Crippen LogP contribution >= 0.6 is 12.2 Å². The van der Waals surface area contributed by atoms with Crippen LogP contribution in [0.3, 0.4) is 0 Å². The Balaban J connectivity index is 1.27. The van der Waals surface area contributed by atoms with Gasteiger partial charge >= 0.3 is 0 Å². The summed E-state index contributed by atoms with van der Waals surface area (Å²) in [6.45, 7) is 2.60. The molecule has 2 aliphatic rings. The summed E-state index contributed by atoms with van der Waals surface area (Å²) < 4.78 is 7.08. The van der Waals surface area contributed by atoms with Crippen LogP contribution in [0.4, 0.5) is 11.5 Å². The summed E-state index contributed by atoms with van der Waals surface area (Å²) in [4.78, 5) is 34.4. The van der Waals surface area contributed by atoms with Gasteiger partial charge < -0.3 is 19.9 Å². The maximum absolute atomic E-state index is 13.0. The number of fused-ring (bicyclic) bond motifs is 3. The minimum absolute atomic E-state index is 0.0490. The maximum Gasteiger partial charge on any atom is 0.257 e. The summed E-state index contributed by atoms with van der Waals surface area (Å²) in [5, 5.41) is 4.03. The van der Waals surface area contributed by atoms with Crippen molar-refractivity contribution in [2.24, 2.45) is 0 Å². The van der Waals surface area contributed by atoms with E-state index in [-0.39, 0.29) is 23.0 Å². The molecule has 8 nitrogen and oxygen atoms in total. The molecule has 1 fully saturated rings. The Morgan fingerprint density at radius 2 is 1.84 bits per heavy atom. The highest BCUT2D eigenvalue weighted by Crippen LogP contribution is 2.30. The molecule has 2 aliphatic heterocycles. The first-order valence-corrected chi connectivity index (χ1v) is 11.0. The number of carbonyl (C=O) groups excluding carboxylic acids is 2. The molecular weight excluding hydrogens is 426 g/mol. The fourth-order valence-electron chi connectivity index (χ4n) is 4.40. The summed E-state index contributed by atoms with van der Waals surface area (Å²) in [5.41, 5.74) is 1.75. The van der Waals surface area contributed by atoms with Gasteiger partial charge in [0.1, 0.15) is 17.6 Å². The number of nitrogens with one attached hydrogen (secondary N) is 1. The number of methoxy groups -OCH3 is 1. The highest BCUT2D eigenvalue weighted by atomic mass is 32.1. The van der Waals surface area contributed by atoms with Gasteiger partial charge in [-0.25, -0.2) is 9.55 Å². The second-order valence-corrected chi connectivity index (χ2v) is 8.24. The molecule has 32 heavy (non-hydrogen) atoms. The molecule has 0 radical (unpaired) electrons. The lowest BCUT2D eigenvalue weighted by Crippen LogP contribution is -2.50. The molecule has 2 aromatic carbocycles. The summed E-state index contributed by atoms with van der Waals surface area (Å²) in [6, 6.07) is 14.8. The van der Waals surface area contributed by atoms with Gasteiger partial charge in [0.05, 0.1) is 24.7 Å². The lowest BCUT2D eigenvalue weighted by molar-refractivity contribution is -0.131. The Labute approximate surface area is 190 Å². The molecular formula is C23H23N5O3S. The molecule has 0 saturated carbocycles. The first-order chi connectivity index (χ1) is 15.6. The third-order valence-corrected chi connectivity index (χ3v) is 6.33. The topological polar surface area (TPSA) is 79.7 Å². The molecule has 1 saturated heterocycles. The SMILES string of the molecule is COc1ccccc1N1CCN(C(=O)C[C@@H]2Nc3c4ccccc4nc(=S)n3C2=O)CC1. The van der Waals surface area contributed by atoms with E-state index in [9.17, 15) is 9.59 Å². The van der Waals surface area contributed by atoms with E-state index < -0.39 is 6.04 Å². The Kier molecular flexibility index (Phi) is 5.26. The third-order valence-electron chi connectivity index (χ3n) is 6.06. The first kappa shape index (κ1) is 20.4.